The maximum atomic E-state index is 12.9. The third-order valence-corrected chi connectivity index (χ3v) is 3.27. The van der Waals surface area contributed by atoms with E-state index >= 15 is 0 Å². The van der Waals surface area contributed by atoms with E-state index in [0.717, 1.165) is 6.07 Å². The van der Waals surface area contributed by atoms with Gasteiger partial charge in [0.2, 0.25) is 0 Å². The molecule has 0 spiro atoms. The highest BCUT2D eigenvalue weighted by atomic mass is 19.4. The van der Waals surface area contributed by atoms with E-state index in [4.69, 9.17) is 0 Å². The first-order valence-corrected chi connectivity index (χ1v) is 7.19. The van der Waals surface area contributed by atoms with E-state index in [2.05, 4.69) is 15.4 Å². The molecule has 0 unspecified atom stereocenters. The maximum Gasteiger partial charge on any atom is 0.418 e. The van der Waals surface area contributed by atoms with Gasteiger partial charge in [-0.15, -0.1) is 0 Å². The molecule has 0 saturated carbocycles. The predicted octanol–water partition coefficient (Wildman–Crippen LogP) is 4.06. The molecule has 0 aromatic heterocycles. The lowest BCUT2D eigenvalue weighted by molar-refractivity contribution is -0.140. The minimum atomic E-state index is -4.57. The zero-order chi connectivity index (χ0) is 18.4. The maximum absolute atomic E-state index is 12.9. The van der Waals surface area contributed by atoms with Gasteiger partial charge in [-0.3, -0.25) is 4.79 Å². The molecule has 0 saturated heterocycles. The molecular formula is C17H15F3N2O3. The summed E-state index contributed by atoms with van der Waals surface area (Å²) in [5.74, 6) is -0.401. The zero-order valence-corrected chi connectivity index (χ0v) is 13.2. The van der Waals surface area contributed by atoms with Crippen molar-refractivity contribution in [2.24, 2.45) is 0 Å². The van der Waals surface area contributed by atoms with Crippen LogP contribution in [-0.2, 0) is 22.1 Å². The molecule has 0 heterocycles. The molecule has 0 atom stereocenters. The predicted molar refractivity (Wildman–Crippen MR) is 86.2 cm³/mol. The first kappa shape index (κ1) is 18.3. The van der Waals surface area contributed by atoms with Gasteiger partial charge in [0.05, 0.1) is 24.8 Å². The Hall–Kier alpha value is -3.03. The van der Waals surface area contributed by atoms with Crippen molar-refractivity contribution in [1.82, 2.24) is 0 Å². The Morgan fingerprint density at radius 2 is 1.64 bits per heavy atom. The summed E-state index contributed by atoms with van der Waals surface area (Å²) >= 11 is 0. The Morgan fingerprint density at radius 3 is 2.24 bits per heavy atom. The van der Waals surface area contributed by atoms with E-state index in [1.165, 1.54) is 37.4 Å². The highest BCUT2D eigenvalue weighted by Gasteiger charge is 2.33. The van der Waals surface area contributed by atoms with Gasteiger partial charge < -0.3 is 15.4 Å². The average molecular weight is 352 g/mol. The van der Waals surface area contributed by atoms with Crippen molar-refractivity contribution in [2.75, 3.05) is 17.7 Å². The number of rotatable bonds is 4. The normalized spacial score (nSPS) is 10.9. The van der Waals surface area contributed by atoms with E-state index in [1.54, 1.807) is 12.1 Å². The van der Waals surface area contributed by atoms with Gasteiger partial charge in [-0.25, -0.2) is 4.79 Å². The van der Waals surface area contributed by atoms with Gasteiger partial charge in [0.15, 0.2) is 0 Å². The van der Waals surface area contributed by atoms with Gasteiger partial charge in [0.25, 0.3) is 0 Å². The lowest BCUT2D eigenvalue weighted by atomic mass is 10.1. The molecule has 132 valence electrons. The van der Waals surface area contributed by atoms with Gasteiger partial charge in [-0.2, -0.15) is 13.2 Å². The zero-order valence-electron chi connectivity index (χ0n) is 13.2. The number of halogens is 3. The van der Waals surface area contributed by atoms with Crippen LogP contribution < -0.4 is 10.6 Å². The van der Waals surface area contributed by atoms with Crippen molar-refractivity contribution in [3.63, 3.8) is 0 Å². The molecule has 0 aliphatic carbocycles. The Balaban J connectivity index is 2.03. The largest absolute Gasteiger partial charge is 0.469 e. The van der Waals surface area contributed by atoms with Crippen LogP contribution >= 0.6 is 0 Å². The van der Waals surface area contributed by atoms with E-state index in [1.807, 2.05) is 0 Å². The summed E-state index contributed by atoms with van der Waals surface area (Å²) < 4.78 is 43.2. The number of para-hydroxylation sites is 1. The monoisotopic (exact) mass is 352 g/mol. The van der Waals surface area contributed by atoms with Crippen molar-refractivity contribution < 1.29 is 27.5 Å². The summed E-state index contributed by atoms with van der Waals surface area (Å²) in [7, 11) is 1.28. The molecular weight excluding hydrogens is 337 g/mol. The summed E-state index contributed by atoms with van der Waals surface area (Å²) in [5.41, 5.74) is -0.218. The van der Waals surface area contributed by atoms with Gasteiger partial charge >= 0.3 is 18.2 Å². The van der Waals surface area contributed by atoms with Crippen LogP contribution in [0.15, 0.2) is 48.5 Å². The van der Waals surface area contributed by atoms with E-state index in [9.17, 15) is 22.8 Å². The smallest absolute Gasteiger partial charge is 0.418 e. The summed E-state index contributed by atoms with van der Waals surface area (Å²) in [6.45, 7) is 0. The minimum absolute atomic E-state index is 0.0853. The van der Waals surface area contributed by atoms with Crippen LogP contribution in [0, 0.1) is 0 Å². The molecule has 8 heteroatoms. The molecule has 25 heavy (non-hydrogen) atoms. The van der Waals surface area contributed by atoms with Gasteiger partial charge in [-0.1, -0.05) is 24.3 Å². The molecule has 0 radical (unpaired) electrons. The number of carbonyl (C=O) groups excluding carboxylic acids is 2. The quantitative estimate of drug-likeness (QED) is 0.816. The molecule has 0 aliphatic rings. The number of urea groups is 1. The van der Waals surface area contributed by atoms with Crippen molar-refractivity contribution >= 4 is 23.4 Å². The minimum Gasteiger partial charge on any atom is -0.469 e. The van der Waals surface area contributed by atoms with Gasteiger partial charge in [0.1, 0.15) is 0 Å². The number of carbonyl (C=O) groups is 2. The highest BCUT2D eigenvalue weighted by Crippen LogP contribution is 2.34. The van der Waals surface area contributed by atoms with Gasteiger partial charge in [-0.05, 0) is 29.8 Å². The number of alkyl halides is 3. The molecule has 2 aromatic carbocycles. The fraction of sp³-hybridized carbons (Fsp3) is 0.176. The number of amides is 2. The van der Waals surface area contributed by atoms with Crippen LogP contribution in [0.1, 0.15) is 11.1 Å². The average Bonchev–Trinajstić information content (AvgIpc) is 2.56. The van der Waals surface area contributed by atoms with E-state index in [-0.39, 0.29) is 12.1 Å². The third kappa shape index (κ3) is 5.23. The first-order valence-electron chi connectivity index (χ1n) is 7.19. The Kier molecular flexibility index (Phi) is 5.63. The summed E-state index contributed by atoms with van der Waals surface area (Å²) in [5, 5.41) is 4.61. The molecule has 0 bridgehead atoms. The van der Waals surface area contributed by atoms with Crippen LogP contribution in [0.3, 0.4) is 0 Å². The molecule has 2 N–H and O–H groups in total. The van der Waals surface area contributed by atoms with Crippen molar-refractivity contribution in [3.05, 3.63) is 59.7 Å². The van der Waals surface area contributed by atoms with E-state index < -0.39 is 23.7 Å². The number of ether oxygens (including phenoxy) is 1. The fourth-order valence-corrected chi connectivity index (χ4v) is 2.07. The standard InChI is InChI=1S/C17H15F3N2O3/c1-25-15(23)10-11-6-8-12(9-7-11)21-16(24)22-14-5-3-2-4-13(14)17(18,19)20/h2-9H,10H2,1H3,(H2,21,22,24). The second kappa shape index (κ2) is 7.69. The third-order valence-electron chi connectivity index (χ3n) is 3.27. The van der Waals surface area contributed by atoms with Crippen molar-refractivity contribution in [3.8, 4) is 0 Å². The van der Waals surface area contributed by atoms with Crippen LogP contribution in [0.5, 0.6) is 0 Å². The fourth-order valence-electron chi connectivity index (χ4n) is 2.07. The second-order valence-corrected chi connectivity index (χ2v) is 5.07. The topological polar surface area (TPSA) is 67.4 Å². The number of anilines is 2. The molecule has 0 fully saturated rings. The molecule has 0 aliphatic heterocycles. The molecule has 2 aromatic rings. The molecule has 5 nitrogen and oxygen atoms in total. The number of hydrogen-bond acceptors (Lipinski definition) is 3. The van der Waals surface area contributed by atoms with Crippen molar-refractivity contribution in [2.45, 2.75) is 12.6 Å². The number of esters is 1. The van der Waals surface area contributed by atoms with Gasteiger partial charge in [0, 0.05) is 5.69 Å². The first-order chi connectivity index (χ1) is 11.8. The summed E-state index contributed by atoms with van der Waals surface area (Å²) in [6, 6.07) is 10.2. The second-order valence-electron chi connectivity index (χ2n) is 5.07. The number of benzene rings is 2. The number of nitrogens with one attached hydrogen (secondary N) is 2. The highest BCUT2D eigenvalue weighted by molar-refractivity contribution is 6.00. The lowest BCUT2D eigenvalue weighted by Crippen LogP contribution is -2.21. The van der Waals surface area contributed by atoms with Crippen LogP contribution in [0.25, 0.3) is 0 Å². The summed E-state index contributed by atoms with van der Waals surface area (Å²) in [4.78, 5) is 23.1. The Bertz CT molecular complexity index is 758. The summed E-state index contributed by atoms with van der Waals surface area (Å²) in [6.07, 6.45) is -4.48. The molecule has 2 amide bonds. The Morgan fingerprint density at radius 1 is 1.00 bits per heavy atom. The molecule has 2 rings (SSSR count). The van der Waals surface area contributed by atoms with Crippen LogP contribution in [-0.4, -0.2) is 19.1 Å². The van der Waals surface area contributed by atoms with Crippen LogP contribution in [0.2, 0.25) is 0 Å². The number of hydrogen-bond donors (Lipinski definition) is 2. The number of methoxy groups -OCH3 is 1. The lowest BCUT2D eigenvalue weighted by Gasteiger charge is -2.14. The van der Waals surface area contributed by atoms with E-state index in [0.29, 0.717) is 11.3 Å². The Labute approximate surface area is 141 Å². The SMILES string of the molecule is COC(=O)Cc1ccc(NC(=O)Nc2ccccc2C(F)(F)F)cc1. The van der Waals surface area contributed by atoms with Crippen molar-refractivity contribution in [1.29, 1.82) is 0 Å². The van der Waals surface area contributed by atoms with Crippen LogP contribution in [0.4, 0.5) is 29.3 Å².